The van der Waals surface area contributed by atoms with E-state index in [2.05, 4.69) is 5.10 Å². The minimum Gasteiger partial charge on any atom is -0.394 e. The number of halogens is 3. The molecule has 2 rings (SSSR count). The van der Waals surface area contributed by atoms with Crippen molar-refractivity contribution in [3.05, 3.63) is 42.2 Å². The van der Waals surface area contributed by atoms with Crippen LogP contribution in [0.1, 0.15) is 11.7 Å². The van der Waals surface area contributed by atoms with Gasteiger partial charge in [0.25, 0.3) is 5.91 Å². The minimum atomic E-state index is -3.28. The van der Waals surface area contributed by atoms with E-state index in [1.165, 1.54) is 12.1 Å². The number of aliphatic hydroxyl groups is 2. The van der Waals surface area contributed by atoms with Gasteiger partial charge in [0.05, 0.1) is 25.4 Å². The number of carbonyl (C=O) groups is 1. The molecule has 3 N–H and O–H groups in total. The number of aromatic nitrogens is 2. The Labute approximate surface area is 141 Å². The van der Waals surface area contributed by atoms with Crippen molar-refractivity contribution in [3.8, 4) is 11.1 Å². The van der Waals surface area contributed by atoms with E-state index < -0.39 is 31.2 Å². The van der Waals surface area contributed by atoms with Gasteiger partial charge in [0.2, 0.25) is 0 Å². The maximum atomic E-state index is 13.0. The number of aliphatic hydroxyl groups excluding tert-OH is 2. The summed E-state index contributed by atoms with van der Waals surface area (Å²) in [4.78, 5) is 11.0. The van der Waals surface area contributed by atoms with Gasteiger partial charge in [0.1, 0.15) is 12.8 Å². The molecule has 0 saturated carbocycles. The van der Waals surface area contributed by atoms with Gasteiger partial charge in [-0.05, 0) is 11.1 Å². The lowest BCUT2D eigenvalue weighted by Gasteiger charge is -2.21. The first-order valence-corrected chi connectivity index (χ1v) is 7.52. The SMILES string of the molecule is O=C(N[C@H](CF)[C@H](O)c1ccc(-c2cnn(CCO)c2)cc1)C(F)F. The largest absolute Gasteiger partial charge is 0.394 e. The van der Waals surface area contributed by atoms with Crippen molar-refractivity contribution in [1.82, 2.24) is 15.1 Å². The quantitative estimate of drug-likeness (QED) is 0.665. The molecule has 9 heteroatoms. The van der Waals surface area contributed by atoms with Crippen molar-refractivity contribution in [2.75, 3.05) is 13.3 Å². The maximum Gasteiger partial charge on any atom is 0.315 e. The van der Waals surface area contributed by atoms with Crippen molar-refractivity contribution in [2.45, 2.75) is 25.1 Å². The topological polar surface area (TPSA) is 87.4 Å². The monoisotopic (exact) mass is 357 g/mol. The van der Waals surface area contributed by atoms with Gasteiger partial charge in [-0.1, -0.05) is 24.3 Å². The van der Waals surface area contributed by atoms with Gasteiger partial charge < -0.3 is 15.5 Å². The Morgan fingerprint density at radius 1 is 1.24 bits per heavy atom. The standard InChI is InChI=1S/C16H18F3N3O3/c17-7-13(21-16(25)15(18)19)14(24)11-3-1-10(2-4-11)12-8-20-22(9-12)5-6-23/h1-4,8-9,13-15,23-24H,5-7H2,(H,21,25)/t13-,14-/m1/s1. The molecule has 0 radical (unpaired) electrons. The number of alkyl halides is 3. The number of rotatable bonds is 8. The maximum absolute atomic E-state index is 13.0. The summed E-state index contributed by atoms with van der Waals surface area (Å²) < 4.78 is 39.0. The van der Waals surface area contributed by atoms with E-state index in [4.69, 9.17) is 5.11 Å². The van der Waals surface area contributed by atoms with Crippen molar-refractivity contribution in [2.24, 2.45) is 0 Å². The number of carbonyl (C=O) groups excluding carboxylic acids is 1. The van der Waals surface area contributed by atoms with Crippen LogP contribution in [0.3, 0.4) is 0 Å². The Kier molecular flexibility index (Phi) is 6.54. The zero-order valence-corrected chi connectivity index (χ0v) is 13.1. The normalized spacial score (nSPS) is 13.7. The summed E-state index contributed by atoms with van der Waals surface area (Å²) >= 11 is 0. The van der Waals surface area contributed by atoms with E-state index in [0.29, 0.717) is 6.54 Å². The number of hydrogen-bond acceptors (Lipinski definition) is 4. The third-order valence-electron chi connectivity index (χ3n) is 3.62. The number of benzene rings is 1. The van der Waals surface area contributed by atoms with Crippen LogP contribution in [0.5, 0.6) is 0 Å². The van der Waals surface area contributed by atoms with Gasteiger partial charge in [-0.25, -0.2) is 4.39 Å². The second-order valence-electron chi connectivity index (χ2n) is 5.35. The lowest BCUT2D eigenvalue weighted by atomic mass is 10.00. The van der Waals surface area contributed by atoms with E-state index in [0.717, 1.165) is 11.1 Å². The number of amides is 1. The number of hydrogen-bond donors (Lipinski definition) is 3. The van der Waals surface area contributed by atoms with Crippen LogP contribution >= 0.6 is 0 Å². The Morgan fingerprint density at radius 3 is 2.48 bits per heavy atom. The Balaban J connectivity index is 2.10. The molecule has 1 amide bonds. The summed E-state index contributed by atoms with van der Waals surface area (Å²) in [5, 5.41) is 24.8. The fourth-order valence-electron chi connectivity index (χ4n) is 2.29. The smallest absolute Gasteiger partial charge is 0.315 e. The van der Waals surface area contributed by atoms with Crippen LogP contribution in [0.15, 0.2) is 36.7 Å². The van der Waals surface area contributed by atoms with Gasteiger partial charge in [0.15, 0.2) is 0 Å². The number of nitrogens with one attached hydrogen (secondary N) is 1. The summed E-state index contributed by atoms with van der Waals surface area (Å²) in [7, 11) is 0. The van der Waals surface area contributed by atoms with E-state index in [1.807, 2.05) is 0 Å². The molecule has 0 aliphatic carbocycles. The zero-order chi connectivity index (χ0) is 18.4. The molecule has 2 atom stereocenters. The second kappa shape index (κ2) is 8.63. The average molecular weight is 357 g/mol. The van der Waals surface area contributed by atoms with Gasteiger partial charge in [-0.2, -0.15) is 13.9 Å². The molecule has 0 fully saturated rings. The first kappa shape index (κ1) is 18.9. The zero-order valence-electron chi connectivity index (χ0n) is 13.1. The minimum absolute atomic E-state index is 0.0405. The molecule has 0 aliphatic rings. The third kappa shape index (κ3) is 4.80. The predicted molar refractivity (Wildman–Crippen MR) is 83.6 cm³/mol. The molecule has 6 nitrogen and oxygen atoms in total. The molecular formula is C16H18F3N3O3. The first-order chi connectivity index (χ1) is 12.0. The highest BCUT2D eigenvalue weighted by Crippen LogP contribution is 2.23. The van der Waals surface area contributed by atoms with E-state index in [1.54, 1.807) is 34.5 Å². The molecule has 1 aromatic heterocycles. The van der Waals surface area contributed by atoms with Crippen LogP contribution in [0.2, 0.25) is 0 Å². The highest BCUT2D eigenvalue weighted by molar-refractivity contribution is 5.79. The fraction of sp³-hybridized carbons (Fsp3) is 0.375. The Hall–Kier alpha value is -2.39. The van der Waals surface area contributed by atoms with Gasteiger partial charge in [-0.15, -0.1) is 0 Å². The third-order valence-corrected chi connectivity index (χ3v) is 3.62. The molecule has 0 spiro atoms. The summed E-state index contributed by atoms with van der Waals surface area (Å²) in [6, 6.07) is 4.88. The summed E-state index contributed by atoms with van der Waals surface area (Å²) in [5.41, 5.74) is 1.83. The van der Waals surface area contributed by atoms with Gasteiger partial charge in [0, 0.05) is 11.8 Å². The number of nitrogens with zero attached hydrogens (tertiary/aromatic N) is 2. The molecule has 136 valence electrons. The Bertz CT molecular complexity index is 691. The van der Waals surface area contributed by atoms with Crippen molar-refractivity contribution >= 4 is 5.91 Å². The van der Waals surface area contributed by atoms with Crippen LogP contribution < -0.4 is 5.32 Å². The molecule has 0 unspecified atom stereocenters. The molecule has 25 heavy (non-hydrogen) atoms. The molecule has 0 aliphatic heterocycles. The van der Waals surface area contributed by atoms with E-state index in [-0.39, 0.29) is 12.2 Å². The molecular weight excluding hydrogens is 339 g/mol. The predicted octanol–water partition coefficient (Wildman–Crippen LogP) is 1.30. The lowest BCUT2D eigenvalue weighted by molar-refractivity contribution is -0.133. The van der Waals surface area contributed by atoms with Crippen LogP contribution in [-0.2, 0) is 11.3 Å². The lowest BCUT2D eigenvalue weighted by Crippen LogP contribution is -2.43. The van der Waals surface area contributed by atoms with E-state index in [9.17, 15) is 23.1 Å². The van der Waals surface area contributed by atoms with E-state index >= 15 is 0 Å². The van der Waals surface area contributed by atoms with Crippen molar-refractivity contribution in [1.29, 1.82) is 0 Å². The van der Waals surface area contributed by atoms with Crippen LogP contribution in [0, 0.1) is 0 Å². The average Bonchev–Trinajstić information content (AvgIpc) is 3.08. The molecule has 1 aromatic carbocycles. The van der Waals surface area contributed by atoms with Crippen LogP contribution in [0.4, 0.5) is 13.2 Å². The second-order valence-corrected chi connectivity index (χ2v) is 5.35. The summed E-state index contributed by atoms with van der Waals surface area (Å²) in [6.07, 6.45) is -1.40. The van der Waals surface area contributed by atoms with Crippen LogP contribution in [-0.4, -0.2) is 51.6 Å². The molecule has 0 saturated heterocycles. The highest BCUT2D eigenvalue weighted by Gasteiger charge is 2.26. The fourth-order valence-corrected chi connectivity index (χ4v) is 2.29. The van der Waals surface area contributed by atoms with Crippen LogP contribution in [0.25, 0.3) is 11.1 Å². The summed E-state index contributed by atoms with van der Waals surface area (Å²) in [5.74, 6) is -1.63. The van der Waals surface area contributed by atoms with Crippen molar-refractivity contribution < 1.29 is 28.2 Å². The van der Waals surface area contributed by atoms with Gasteiger partial charge in [-0.3, -0.25) is 9.48 Å². The van der Waals surface area contributed by atoms with Gasteiger partial charge >= 0.3 is 6.43 Å². The first-order valence-electron chi connectivity index (χ1n) is 7.52. The summed E-state index contributed by atoms with van der Waals surface area (Å²) in [6.45, 7) is -0.866. The Morgan fingerprint density at radius 2 is 1.92 bits per heavy atom. The van der Waals surface area contributed by atoms with Crippen molar-refractivity contribution in [3.63, 3.8) is 0 Å². The highest BCUT2D eigenvalue weighted by atomic mass is 19.3. The molecule has 1 heterocycles. The molecule has 2 aromatic rings. The molecule has 0 bridgehead atoms.